The highest BCUT2D eigenvalue weighted by molar-refractivity contribution is 5.25. The smallest absolute Gasteiger partial charge is 0.222 e. The van der Waals surface area contributed by atoms with Gasteiger partial charge in [-0.1, -0.05) is 12.8 Å². The molecule has 18 heavy (non-hydrogen) atoms. The Morgan fingerprint density at radius 2 is 1.94 bits per heavy atom. The van der Waals surface area contributed by atoms with Gasteiger partial charge in [0.25, 0.3) is 0 Å². The van der Waals surface area contributed by atoms with E-state index in [0.717, 1.165) is 31.1 Å². The second-order valence-corrected chi connectivity index (χ2v) is 5.39. The quantitative estimate of drug-likeness (QED) is 0.842. The van der Waals surface area contributed by atoms with Gasteiger partial charge in [-0.05, 0) is 37.2 Å². The molecule has 2 rings (SSSR count). The Morgan fingerprint density at radius 1 is 1.28 bits per heavy atom. The van der Waals surface area contributed by atoms with Gasteiger partial charge in [-0.15, -0.1) is 0 Å². The first-order valence-electron chi connectivity index (χ1n) is 6.76. The molecule has 0 unspecified atom stereocenters. The Labute approximate surface area is 109 Å². The van der Waals surface area contributed by atoms with E-state index in [1.54, 1.807) is 7.11 Å². The summed E-state index contributed by atoms with van der Waals surface area (Å²) in [6.45, 7) is 3.80. The molecule has 0 aromatic carbocycles. The van der Waals surface area contributed by atoms with Crippen LogP contribution >= 0.6 is 0 Å². The van der Waals surface area contributed by atoms with E-state index >= 15 is 0 Å². The molecule has 1 saturated carbocycles. The van der Waals surface area contributed by atoms with Gasteiger partial charge in [0, 0.05) is 32.7 Å². The lowest BCUT2D eigenvalue weighted by Crippen LogP contribution is -2.28. The van der Waals surface area contributed by atoms with Crippen molar-refractivity contribution in [1.29, 1.82) is 0 Å². The lowest BCUT2D eigenvalue weighted by molar-refractivity contribution is 0.143. The minimum atomic E-state index is 0.379. The highest BCUT2D eigenvalue weighted by Crippen LogP contribution is 2.41. The zero-order chi connectivity index (χ0) is 12.8. The Bertz CT molecular complexity index is 358. The zero-order valence-electron chi connectivity index (χ0n) is 11.4. The Hall–Kier alpha value is -1.16. The van der Waals surface area contributed by atoms with Crippen LogP contribution in [-0.2, 0) is 4.74 Å². The third kappa shape index (κ3) is 3.42. The van der Waals surface area contributed by atoms with Crippen LogP contribution in [0.15, 0.2) is 12.4 Å². The third-order valence-electron chi connectivity index (χ3n) is 3.90. The second kappa shape index (κ2) is 6.14. The van der Waals surface area contributed by atoms with Crippen molar-refractivity contribution >= 4 is 5.95 Å². The number of aryl methyl sites for hydroxylation is 1. The molecule has 1 aliphatic carbocycles. The number of hydrogen-bond acceptors (Lipinski definition) is 4. The number of aromatic nitrogens is 2. The monoisotopic (exact) mass is 249 g/mol. The minimum absolute atomic E-state index is 0.379. The fraction of sp³-hybridized carbons (Fsp3) is 0.714. The predicted octanol–water partition coefficient (Wildman–Crippen LogP) is 2.79. The average Bonchev–Trinajstić information content (AvgIpc) is 2.85. The molecule has 0 spiro atoms. The summed E-state index contributed by atoms with van der Waals surface area (Å²) in [6, 6.07) is 0. The van der Waals surface area contributed by atoms with Gasteiger partial charge in [0.15, 0.2) is 0 Å². The number of nitrogens with zero attached hydrogens (tertiary/aromatic N) is 2. The summed E-state index contributed by atoms with van der Waals surface area (Å²) in [4.78, 5) is 8.59. The van der Waals surface area contributed by atoms with E-state index in [0.29, 0.717) is 5.41 Å². The maximum absolute atomic E-state index is 5.24. The average molecular weight is 249 g/mol. The van der Waals surface area contributed by atoms with Crippen molar-refractivity contribution in [3.63, 3.8) is 0 Å². The van der Waals surface area contributed by atoms with Crippen LogP contribution < -0.4 is 5.32 Å². The minimum Gasteiger partial charge on any atom is -0.385 e. The van der Waals surface area contributed by atoms with Gasteiger partial charge < -0.3 is 10.1 Å². The SMILES string of the molecule is COCCC1(CNc2ncc(C)cn2)CCCC1. The molecule has 100 valence electrons. The van der Waals surface area contributed by atoms with Crippen LogP contribution in [0.5, 0.6) is 0 Å². The van der Waals surface area contributed by atoms with Crippen molar-refractivity contribution < 1.29 is 4.74 Å². The highest BCUT2D eigenvalue weighted by atomic mass is 16.5. The summed E-state index contributed by atoms with van der Waals surface area (Å²) >= 11 is 0. The highest BCUT2D eigenvalue weighted by Gasteiger charge is 2.33. The van der Waals surface area contributed by atoms with Crippen LogP contribution in [0.1, 0.15) is 37.7 Å². The van der Waals surface area contributed by atoms with Crippen LogP contribution in [0.4, 0.5) is 5.95 Å². The largest absolute Gasteiger partial charge is 0.385 e. The van der Waals surface area contributed by atoms with Gasteiger partial charge in [0.1, 0.15) is 0 Å². The van der Waals surface area contributed by atoms with Crippen molar-refractivity contribution in [1.82, 2.24) is 9.97 Å². The van der Waals surface area contributed by atoms with Crippen LogP contribution in [-0.4, -0.2) is 30.2 Å². The summed E-state index contributed by atoms with van der Waals surface area (Å²) in [6.07, 6.45) is 10.1. The molecule has 1 heterocycles. The standard InChI is InChI=1S/C14H23N3O/c1-12-9-15-13(16-10-12)17-11-14(7-8-18-2)5-3-4-6-14/h9-10H,3-8,11H2,1-2H3,(H,15,16,17). The molecule has 0 atom stereocenters. The maximum Gasteiger partial charge on any atom is 0.222 e. The van der Waals surface area contributed by atoms with Crippen LogP contribution in [0.3, 0.4) is 0 Å². The Balaban J connectivity index is 1.91. The number of rotatable bonds is 6. The fourth-order valence-electron chi connectivity index (χ4n) is 2.71. The molecule has 1 aliphatic rings. The van der Waals surface area contributed by atoms with E-state index in [1.807, 2.05) is 19.3 Å². The third-order valence-corrected chi connectivity index (χ3v) is 3.90. The second-order valence-electron chi connectivity index (χ2n) is 5.39. The van der Waals surface area contributed by atoms with Crippen molar-refractivity contribution in [2.75, 3.05) is 25.6 Å². The number of methoxy groups -OCH3 is 1. The lowest BCUT2D eigenvalue weighted by Gasteiger charge is -2.29. The number of anilines is 1. The number of nitrogens with one attached hydrogen (secondary N) is 1. The molecule has 4 nitrogen and oxygen atoms in total. The van der Waals surface area contributed by atoms with Crippen molar-refractivity contribution in [2.24, 2.45) is 5.41 Å². The van der Waals surface area contributed by atoms with Crippen LogP contribution in [0.2, 0.25) is 0 Å². The molecule has 1 fully saturated rings. The normalized spacial score (nSPS) is 17.9. The first kappa shape index (κ1) is 13.3. The molecular formula is C14H23N3O. The van der Waals surface area contributed by atoms with Gasteiger partial charge in [0.05, 0.1) is 0 Å². The fourth-order valence-corrected chi connectivity index (χ4v) is 2.71. The summed E-state index contributed by atoms with van der Waals surface area (Å²) in [5.74, 6) is 0.740. The maximum atomic E-state index is 5.24. The first-order valence-corrected chi connectivity index (χ1v) is 6.76. The zero-order valence-corrected chi connectivity index (χ0v) is 11.4. The van der Waals surface area contributed by atoms with E-state index in [1.165, 1.54) is 25.7 Å². The first-order chi connectivity index (χ1) is 8.74. The Kier molecular flexibility index (Phi) is 4.53. The van der Waals surface area contributed by atoms with E-state index in [-0.39, 0.29) is 0 Å². The molecule has 0 radical (unpaired) electrons. The van der Waals surface area contributed by atoms with Crippen molar-refractivity contribution in [2.45, 2.75) is 39.0 Å². The van der Waals surface area contributed by atoms with Crippen LogP contribution in [0, 0.1) is 12.3 Å². The van der Waals surface area contributed by atoms with Gasteiger partial charge in [-0.25, -0.2) is 9.97 Å². The van der Waals surface area contributed by atoms with Gasteiger partial charge in [-0.2, -0.15) is 0 Å². The molecule has 0 saturated heterocycles. The van der Waals surface area contributed by atoms with Crippen LogP contribution in [0.25, 0.3) is 0 Å². The lowest BCUT2D eigenvalue weighted by atomic mass is 9.83. The summed E-state index contributed by atoms with van der Waals surface area (Å²) in [5, 5.41) is 3.39. The molecule has 1 aromatic heterocycles. The summed E-state index contributed by atoms with van der Waals surface area (Å²) < 4.78 is 5.24. The molecule has 0 bridgehead atoms. The van der Waals surface area contributed by atoms with E-state index in [2.05, 4.69) is 15.3 Å². The van der Waals surface area contributed by atoms with Crippen molar-refractivity contribution in [3.05, 3.63) is 18.0 Å². The van der Waals surface area contributed by atoms with Crippen molar-refractivity contribution in [3.8, 4) is 0 Å². The van der Waals surface area contributed by atoms with Gasteiger partial charge in [0.2, 0.25) is 5.95 Å². The van der Waals surface area contributed by atoms with E-state index < -0.39 is 0 Å². The molecule has 4 heteroatoms. The summed E-state index contributed by atoms with van der Waals surface area (Å²) in [7, 11) is 1.78. The van der Waals surface area contributed by atoms with E-state index in [4.69, 9.17) is 4.74 Å². The predicted molar refractivity (Wildman–Crippen MR) is 72.7 cm³/mol. The number of ether oxygens (including phenoxy) is 1. The van der Waals surface area contributed by atoms with Gasteiger partial charge in [-0.3, -0.25) is 0 Å². The molecule has 1 aromatic rings. The number of hydrogen-bond donors (Lipinski definition) is 1. The topological polar surface area (TPSA) is 47.0 Å². The molecule has 0 aliphatic heterocycles. The molecule has 0 amide bonds. The Morgan fingerprint density at radius 3 is 2.56 bits per heavy atom. The summed E-state index contributed by atoms with van der Waals surface area (Å²) in [5.41, 5.74) is 1.47. The molecule has 1 N–H and O–H groups in total. The molecular weight excluding hydrogens is 226 g/mol. The van der Waals surface area contributed by atoms with Gasteiger partial charge >= 0.3 is 0 Å². The van der Waals surface area contributed by atoms with E-state index in [9.17, 15) is 0 Å².